The van der Waals surface area contributed by atoms with Gasteiger partial charge in [0.25, 0.3) is 5.91 Å². The van der Waals surface area contributed by atoms with E-state index < -0.39 is 16.7 Å². The molecular formula is C20H20N4O5. The van der Waals surface area contributed by atoms with Crippen molar-refractivity contribution in [3.8, 4) is 5.75 Å². The van der Waals surface area contributed by atoms with E-state index in [4.69, 9.17) is 4.74 Å². The van der Waals surface area contributed by atoms with Crippen LogP contribution in [-0.2, 0) is 9.59 Å². The fourth-order valence-electron chi connectivity index (χ4n) is 3.26. The van der Waals surface area contributed by atoms with Gasteiger partial charge in [-0.05, 0) is 24.6 Å². The molecule has 1 saturated heterocycles. The molecule has 0 saturated carbocycles. The normalized spacial score (nSPS) is 18.8. The molecule has 29 heavy (non-hydrogen) atoms. The summed E-state index contributed by atoms with van der Waals surface area (Å²) in [5, 5.41) is 17.9. The number of nitrogens with one attached hydrogen (secondary N) is 2. The zero-order valence-electron chi connectivity index (χ0n) is 15.9. The molecule has 3 rings (SSSR count). The lowest BCUT2D eigenvalue weighted by molar-refractivity contribution is -0.385. The predicted molar refractivity (Wildman–Crippen MR) is 106 cm³/mol. The van der Waals surface area contributed by atoms with Crippen molar-refractivity contribution < 1.29 is 19.2 Å². The van der Waals surface area contributed by atoms with Crippen molar-refractivity contribution in [1.82, 2.24) is 10.7 Å². The number of methoxy groups -OCH3 is 1. The second-order valence-electron chi connectivity index (χ2n) is 6.56. The second kappa shape index (κ2) is 8.51. The lowest BCUT2D eigenvalue weighted by atomic mass is 9.88. The Morgan fingerprint density at radius 2 is 2.00 bits per heavy atom. The number of nitro benzene ring substituents is 1. The maximum Gasteiger partial charge on any atom is 0.311 e. The average molecular weight is 396 g/mol. The molecule has 2 amide bonds. The number of carbonyl (C=O) groups is 2. The van der Waals surface area contributed by atoms with E-state index in [9.17, 15) is 19.7 Å². The summed E-state index contributed by atoms with van der Waals surface area (Å²) >= 11 is 0. The van der Waals surface area contributed by atoms with Gasteiger partial charge in [0, 0.05) is 24.1 Å². The SMILES string of the molecule is COc1ccc(C(C)=NNC(=O)[C@@H]2C(=O)NC[C@H]2c2ccccc2)cc1[N+](=O)[O-]. The Balaban J connectivity index is 1.78. The molecule has 0 aromatic heterocycles. The number of hydrogen-bond acceptors (Lipinski definition) is 6. The minimum Gasteiger partial charge on any atom is -0.490 e. The summed E-state index contributed by atoms with van der Waals surface area (Å²) in [6, 6.07) is 13.7. The van der Waals surface area contributed by atoms with Gasteiger partial charge in [0.1, 0.15) is 5.92 Å². The Morgan fingerprint density at radius 1 is 1.28 bits per heavy atom. The highest BCUT2D eigenvalue weighted by atomic mass is 16.6. The third-order valence-electron chi connectivity index (χ3n) is 4.82. The van der Waals surface area contributed by atoms with Gasteiger partial charge in [-0.3, -0.25) is 19.7 Å². The van der Waals surface area contributed by atoms with Crippen molar-refractivity contribution in [3.05, 3.63) is 69.8 Å². The first-order valence-electron chi connectivity index (χ1n) is 8.92. The van der Waals surface area contributed by atoms with E-state index in [1.165, 1.54) is 19.2 Å². The molecule has 0 spiro atoms. The average Bonchev–Trinajstić information content (AvgIpc) is 3.13. The zero-order valence-corrected chi connectivity index (χ0v) is 15.9. The summed E-state index contributed by atoms with van der Waals surface area (Å²) in [7, 11) is 1.35. The van der Waals surface area contributed by atoms with Crippen LogP contribution in [-0.4, -0.2) is 36.1 Å². The molecule has 0 radical (unpaired) electrons. The fraction of sp³-hybridized carbons (Fsp3) is 0.250. The number of amides is 2. The van der Waals surface area contributed by atoms with Crippen LogP contribution < -0.4 is 15.5 Å². The first-order chi connectivity index (χ1) is 13.9. The summed E-state index contributed by atoms with van der Waals surface area (Å²) < 4.78 is 4.98. The Kier molecular flexibility index (Phi) is 5.87. The van der Waals surface area contributed by atoms with Gasteiger partial charge in [0.05, 0.1) is 17.7 Å². The van der Waals surface area contributed by atoms with Gasteiger partial charge in [0.2, 0.25) is 5.91 Å². The van der Waals surface area contributed by atoms with Gasteiger partial charge >= 0.3 is 5.69 Å². The number of hydrazone groups is 1. The molecule has 2 aromatic rings. The Hall–Kier alpha value is -3.75. The first-order valence-corrected chi connectivity index (χ1v) is 8.92. The van der Waals surface area contributed by atoms with E-state index >= 15 is 0 Å². The summed E-state index contributed by atoms with van der Waals surface area (Å²) in [6.07, 6.45) is 0. The van der Waals surface area contributed by atoms with Crippen LogP contribution in [0.3, 0.4) is 0 Å². The molecule has 1 heterocycles. The maximum absolute atomic E-state index is 12.6. The summed E-state index contributed by atoms with van der Waals surface area (Å²) in [5.74, 6) is -1.95. The van der Waals surface area contributed by atoms with Gasteiger partial charge in [-0.25, -0.2) is 5.43 Å². The molecule has 0 aliphatic carbocycles. The van der Waals surface area contributed by atoms with E-state index in [1.54, 1.807) is 13.0 Å². The van der Waals surface area contributed by atoms with Crippen molar-refractivity contribution >= 4 is 23.2 Å². The van der Waals surface area contributed by atoms with Crippen LogP contribution in [0, 0.1) is 16.0 Å². The van der Waals surface area contributed by atoms with E-state index in [1.807, 2.05) is 30.3 Å². The van der Waals surface area contributed by atoms with Gasteiger partial charge in [-0.15, -0.1) is 0 Å². The minimum absolute atomic E-state index is 0.129. The predicted octanol–water partition coefficient (Wildman–Crippen LogP) is 1.97. The quantitative estimate of drug-likeness (QED) is 0.334. The van der Waals surface area contributed by atoms with E-state index in [2.05, 4.69) is 15.8 Å². The van der Waals surface area contributed by atoms with E-state index in [0.29, 0.717) is 17.8 Å². The molecule has 9 nitrogen and oxygen atoms in total. The molecular weight excluding hydrogens is 376 g/mol. The summed E-state index contributed by atoms with van der Waals surface area (Å²) in [5.41, 5.74) is 3.91. The Morgan fingerprint density at radius 3 is 2.66 bits per heavy atom. The lowest BCUT2D eigenvalue weighted by Crippen LogP contribution is -2.35. The Labute approximate surface area is 166 Å². The molecule has 2 aromatic carbocycles. The first kappa shape index (κ1) is 20.0. The van der Waals surface area contributed by atoms with Crippen molar-refractivity contribution in [2.24, 2.45) is 11.0 Å². The maximum atomic E-state index is 12.6. The van der Waals surface area contributed by atoms with E-state index in [-0.39, 0.29) is 23.3 Å². The number of ether oxygens (including phenoxy) is 1. The summed E-state index contributed by atoms with van der Waals surface area (Å²) in [4.78, 5) is 35.5. The molecule has 1 aliphatic rings. The van der Waals surface area contributed by atoms with Crippen LogP contribution in [0.5, 0.6) is 5.75 Å². The fourth-order valence-corrected chi connectivity index (χ4v) is 3.26. The standard InChI is InChI=1S/C20H20N4O5/c1-12(14-8-9-17(29-2)16(10-14)24(27)28)22-23-20(26)18-15(11-21-19(18)25)13-6-4-3-5-7-13/h3-10,15,18H,11H2,1-2H3,(H,21,25)(H,23,26)/t15-,18-/m0/s1. The topological polar surface area (TPSA) is 123 Å². The number of rotatable bonds is 6. The molecule has 0 bridgehead atoms. The highest BCUT2D eigenvalue weighted by molar-refractivity contribution is 6.04. The van der Waals surface area contributed by atoms with Crippen molar-refractivity contribution in [2.45, 2.75) is 12.8 Å². The molecule has 150 valence electrons. The monoisotopic (exact) mass is 396 g/mol. The van der Waals surface area contributed by atoms with Crippen LogP contribution in [0.2, 0.25) is 0 Å². The minimum atomic E-state index is -0.904. The van der Waals surface area contributed by atoms with Crippen molar-refractivity contribution in [2.75, 3.05) is 13.7 Å². The van der Waals surface area contributed by atoms with Gasteiger partial charge in [-0.1, -0.05) is 30.3 Å². The lowest BCUT2D eigenvalue weighted by Gasteiger charge is -2.15. The molecule has 0 unspecified atom stereocenters. The number of nitro groups is 1. The van der Waals surface area contributed by atoms with E-state index in [0.717, 1.165) is 5.56 Å². The van der Waals surface area contributed by atoms with Crippen LogP contribution in [0.4, 0.5) is 5.69 Å². The van der Waals surface area contributed by atoms with Crippen molar-refractivity contribution in [1.29, 1.82) is 0 Å². The molecule has 9 heteroatoms. The smallest absolute Gasteiger partial charge is 0.311 e. The molecule has 1 fully saturated rings. The molecule has 1 aliphatic heterocycles. The Bertz CT molecular complexity index is 974. The van der Waals surface area contributed by atoms with Crippen LogP contribution in [0.15, 0.2) is 53.6 Å². The second-order valence-corrected chi connectivity index (χ2v) is 6.56. The third-order valence-corrected chi connectivity index (χ3v) is 4.82. The largest absolute Gasteiger partial charge is 0.490 e. The number of nitrogens with zero attached hydrogens (tertiary/aromatic N) is 2. The van der Waals surface area contributed by atoms with Gasteiger partial charge < -0.3 is 10.1 Å². The number of benzene rings is 2. The summed E-state index contributed by atoms with van der Waals surface area (Å²) in [6.45, 7) is 1.98. The highest BCUT2D eigenvalue weighted by Crippen LogP contribution is 2.29. The van der Waals surface area contributed by atoms with Crippen LogP contribution in [0.1, 0.15) is 24.0 Å². The van der Waals surface area contributed by atoms with Crippen molar-refractivity contribution in [3.63, 3.8) is 0 Å². The highest BCUT2D eigenvalue weighted by Gasteiger charge is 2.41. The number of hydrogen-bond donors (Lipinski definition) is 2. The molecule has 2 atom stereocenters. The third kappa shape index (κ3) is 4.23. The van der Waals surface area contributed by atoms with Crippen LogP contribution >= 0.6 is 0 Å². The molecule has 2 N–H and O–H groups in total. The number of carbonyl (C=O) groups excluding carboxylic acids is 2. The van der Waals surface area contributed by atoms with Crippen LogP contribution in [0.25, 0.3) is 0 Å². The van der Waals surface area contributed by atoms with Gasteiger partial charge in [0.15, 0.2) is 5.75 Å². The zero-order chi connectivity index (χ0) is 21.0. The van der Waals surface area contributed by atoms with Gasteiger partial charge in [-0.2, -0.15) is 5.10 Å².